The maximum Gasteiger partial charge on any atom is 0.257 e. The first-order chi connectivity index (χ1) is 13.0. The first-order valence-electron chi connectivity index (χ1n) is 8.64. The molecule has 3 aromatic rings. The maximum atomic E-state index is 14.2. The van der Waals surface area contributed by atoms with Crippen molar-refractivity contribution in [1.82, 2.24) is 4.90 Å². The lowest BCUT2D eigenvalue weighted by Gasteiger charge is -2.38. The second-order valence-corrected chi connectivity index (χ2v) is 6.53. The number of carbonyl (C=O) groups is 1. The number of nitrogens with zero attached hydrogens (tertiary/aromatic N) is 1. The number of fused-ring (bicyclic) bond motifs is 1. The molecular weight excluding hydrogens is 351 g/mol. The predicted octanol–water partition coefficient (Wildman–Crippen LogP) is 4.89. The smallest absolute Gasteiger partial charge is 0.257 e. The van der Waals surface area contributed by atoms with Crippen molar-refractivity contribution in [1.29, 1.82) is 0 Å². The second kappa shape index (κ2) is 6.91. The summed E-state index contributed by atoms with van der Waals surface area (Å²) in [4.78, 5) is 14.6. The summed E-state index contributed by atoms with van der Waals surface area (Å²) in [5, 5.41) is 0. The van der Waals surface area contributed by atoms with Gasteiger partial charge in [0.1, 0.15) is 17.5 Å². The molecule has 0 aliphatic carbocycles. The van der Waals surface area contributed by atoms with Crippen LogP contribution in [0, 0.1) is 17.5 Å². The second-order valence-electron chi connectivity index (χ2n) is 6.53. The Labute approximate surface area is 154 Å². The van der Waals surface area contributed by atoms with Crippen molar-refractivity contribution in [3.05, 3.63) is 106 Å². The van der Waals surface area contributed by atoms with E-state index >= 15 is 0 Å². The number of carbonyl (C=O) groups excluding carboxylic acids is 1. The highest BCUT2D eigenvalue weighted by Gasteiger charge is 2.33. The number of rotatable bonds is 2. The van der Waals surface area contributed by atoms with Crippen LogP contribution in [0.5, 0.6) is 0 Å². The van der Waals surface area contributed by atoms with E-state index < -0.39 is 23.6 Å². The third-order valence-electron chi connectivity index (χ3n) is 4.89. The summed E-state index contributed by atoms with van der Waals surface area (Å²) in [6, 6.07) is 16.1. The first kappa shape index (κ1) is 17.3. The van der Waals surface area contributed by atoms with Crippen molar-refractivity contribution in [2.45, 2.75) is 12.5 Å². The third kappa shape index (κ3) is 3.21. The number of hydrogen-bond donors (Lipinski definition) is 0. The molecule has 0 saturated heterocycles. The zero-order valence-corrected chi connectivity index (χ0v) is 14.3. The van der Waals surface area contributed by atoms with Crippen molar-refractivity contribution in [2.75, 3.05) is 6.54 Å². The average molecular weight is 367 g/mol. The Hall–Kier alpha value is -3.08. The van der Waals surface area contributed by atoms with E-state index in [1.165, 1.54) is 12.1 Å². The SMILES string of the molecule is O=C(c1ccc(F)cc1F)N1CCc2ccccc2[C@H]1c1ccc(F)cc1. The van der Waals surface area contributed by atoms with Crippen molar-refractivity contribution < 1.29 is 18.0 Å². The molecule has 3 aromatic carbocycles. The Balaban J connectivity index is 1.81. The van der Waals surface area contributed by atoms with Crippen LogP contribution in [-0.4, -0.2) is 17.4 Å². The van der Waals surface area contributed by atoms with E-state index in [1.807, 2.05) is 24.3 Å². The highest BCUT2D eigenvalue weighted by atomic mass is 19.1. The number of benzene rings is 3. The molecule has 0 saturated carbocycles. The molecule has 1 aliphatic heterocycles. The summed E-state index contributed by atoms with van der Waals surface area (Å²) in [6.07, 6.45) is 0.627. The van der Waals surface area contributed by atoms with Crippen molar-refractivity contribution >= 4 is 5.91 Å². The Morgan fingerprint density at radius 1 is 0.889 bits per heavy atom. The summed E-state index contributed by atoms with van der Waals surface area (Å²) in [6.45, 7) is 0.384. The lowest BCUT2D eigenvalue weighted by molar-refractivity contribution is 0.0689. The molecule has 27 heavy (non-hydrogen) atoms. The van der Waals surface area contributed by atoms with E-state index in [9.17, 15) is 18.0 Å². The maximum absolute atomic E-state index is 14.2. The Morgan fingerprint density at radius 3 is 2.33 bits per heavy atom. The molecule has 0 bridgehead atoms. The van der Waals surface area contributed by atoms with Crippen molar-refractivity contribution in [3.8, 4) is 0 Å². The van der Waals surface area contributed by atoms with Gasteiger partial charge in [-0.1, -0.05) is 36.4 Å². The summed E-state index contributed by atoms with van der Waals surface area (Å²) >= 11 is 0. The monoisotopic (exact) mass is 367 g/mol. The largest absolute Gasteiger partial charge is 0.327 e. The summed E-state index contributed by atoms with van der Waals surface area (Å²) in [5.74, 6) is -2.51. The van der Waals surface area contributed by atoms with E-state index in [-0.39, 0.29) is 11.4 Å². The zero-order chi connectivity index (χ0) is 19.0. The van der Waals surface area contributed by atoms with Crippen LogP contribution < -0.4 is 0 Å². The van der Waals surface area contributed by atoms with Gasteiger partial charge in [-0.15, -0.1) is 0 Å². The highest BCUT2D eigenvalue weighted by Crippen LogP contribution is 2.36. The molecule has 1 amide bonds. The normalized spacial score (nSPS) is 16.1. The fourth-order valence-corrected chi connectivity index (χ4v) is 3.61. The molecule has 0 unspecified atom stereocenters. The van der Waals surface area contributed by atoms with E-state index in [1.54, 1.807) is 17.0 Å². The van der Waals surface area contributed by atoms with E-state index in [0.29, 0.717) is 19.0 Å². The molecule has 2 nitrogen and oxygen atoms in total. The molecule has 0 radical (unpaired) electrons. The minimum absolute atomic E-state index is 0.178. The minimum atomic E-state index is -0.892. The molecular formula is C22H16F3NO. The topological polar surface area (TPSA) is 20.3 Å². The molecule has 0 N–H and O–H groups in total. The number of halogens is 3. The van der Waals surface area contributed by atoms with Gasteiger partial charge in [-0.2, -0.15) is 0 Å². The van der Waals surface area contributed by atoms with Crippen LogP contribution >= 0.6 is 0 Å². The van der Waals surface area contributed by atoms with Crippen LogP contribution in [0.3, 0.4) is 0 Å². The van der Waals surface area contributed by atoms with Crippen LogP contribution in [-0.2, 0) is 6.42 Å². The lowest BCUT2D eigenvalue weighted by Crippen LogP contribution is -2.41. The van der Waals surface area contributed by atoms with Crippen LogP contribution in [0.1, 0.15) is 33.1 Å². The predicted molar refractivity (Wildman–Crippen MR) is 95.8 cm³/mol. The van der Waals surface area contributed by atoms with Gasteiger partial charge in [0.2, 0.25) is 0 Å². The Kier molecular flexibility index (Phi) is 4.44. The van der Waals surface area contributed by atoms with Gasteiger partial charge in [0.15, 0.2) is 0 Å². The third-order valence-corrected chi connectivity index (χ3v) is 4.89. The molecule has 136 valence electrons. The van der Waals surface area contributed by atoms with Gasteiger partial charge in [0.25, 0.3) is 5.91 Å². The zero-order valence-electron chi connectivity index (χ0n) is 14.3. The molecule has 4 rings (SSSR count). The number of amides is 1. The fraction of sp³-hybridized carbons (Fsp3) is 0.136. The Morgan fingerprint density at radius 2 is 1.59 bits per heavy atom. The molecule has 5 heteroatoms. The van der Waals surface area contributed by atoms with Gasteiger partial charge in [-0.05, 0) is 47.4 Å². The number of hydrogen-bond acceptors (Lipinski definition) is 1. The van der Waals surface area contributed by atoms with Crippen LogP contribution in [0.15, 0.2) is 66.7 Å². The van der Waals surface area contributed by atoms with Gasteiger partial charge >= 0.3 is 0 Å². The molecule has 1 aliphatic rings. The van der Waals surface area contributed by atoms with Crippen LogP contribution in [0.4, 0.5) is 13.2 Å². The molecule has 1 heterocycles. The van der Waals surface area contributed by atoms with Crippen LogP contribution in [0.25, 0.3) is 0 Å². The minimum Gasteiger partial charge on any atom is -0.327 e. The van der Waals surface area contributed by atoms with Crippen molar-refractivity contribution in [3.63, 3.8) is 0 Å². The Bertz CT molecular complexity index is 1000. The van der Waals surface area contributed by atoms with Gasteiger partial charge in [0, 0.05) is 12.6 Å². The van der Waals surface area contributed by atoms with Gasteiger partial charge in [0.05, 0.1) is 11.6 Å². The molecule has 0 aromatic heterocycles. The summed E-state index contributed by atoms with van der Waals surface area (Å²) in [7, 11) is 0. The fourth-order valence-electron chi connectivity index (χ4n) is 3.61. The van der Waals surface area contributed by atoms with Crippen LogP contribution in [0.2, 0.25) is 0 Å². The first-order valence-corrected chi connectivity index (χ1v) is 8.64. The van der Waals surface area contributed by atoms with Crippen molar-refractivity contribution in [2.24, 2.45) is 0 Å². The van der Waals surface area contributed by atoms with E-state index in [0.717, 1.165) is 28.8 Å². The quantitative estimate of drug-likeness (QED) is 0.631. The summed E-state index contributed by atoms with van der Waals surface area (Å²) < 4.78 is 40.8. The van der Waals surface area contributed by atoms with Gasteiger partial charge in [-0.25, -0.2) is 13.2 Å². The van der Waals surface area contributed by atoms with Gasteiger partial charge in [-0.3, -0.25) is 4.79 Å². The highest BCUT2D eigenvalue weighted by molar-refractivity contribution is 5.95. The lowest BCUT2D eigenvalue weighted by atomic mass is 9.87. The standard InChI is InChI=1S/C22H16F3NO/c23-16-7-5-15(6-8-16)21-18-4-2-1-3-14(18)11-12-26(21)22(27)19-10-9-17(24)13-20(19)25/h1-10,13,21H,11-12H2/t21-/m1/s1. The molecule has 0 spiro atoms. The molecule has 0 fully saturated rings. The molecule has 1 atom stereocenters. The van der Waals surface area contributed by atoms with Gasteiger partial charge < -0.3 is 4.90 Å². The van der Waals surface area contributed by atoms with E-state index in [4.69, 9.17) is 0 Å². The average Bonchev–Trinajstić information content (AvgIpc) is 2.67. The van der Waals surface area contributed by atoms with E-state index in [2.05, 4.69) is 0 Å². The summed E-state index contributed by atoms with van der Waals surface area (Å²) in [5.41, 5.74) is 2.57.